The largest absolute Gasteiger partial charge is 0.330 e. The third-order valence-corrected chi connectivity index (χ3v) is 2.96. The molecule has 0 aliphatic rings. The summed E-state index contributed by atoms with van der Waals surface area (Å²) in [5.41, 5.74) is -0.412. The fourth-order valence-corrected chi connectivity index (χ4v) is 2.04. The van der Waals surface area contributed by atoms with Gasteiger partial charge in [-0.3, -0.25) is 9.59 Å². The molecule has 3 aromatic heterocycles. The van der Waals surface area contributed by atoms with Crippen LogP contribution in [0.3, 0.4) is 0 Å². The van der Waals surface area contributed by atoms with Crippen molar-refractivity contribution in [1.82, 2.24) is 39.9 Å². The molecule has 0 bridgehead atoms. The van der Waals surface area contributed by atoms with E-state index in [1.165, 1.54) is 0 Å². The number of aromatic amines is 1. The molecule has 0 unspecified atom stereocenters. The first-order valence-electron chi connectivity index (χ1n) is 5.91. The summed E-state index contributed by atoms with van der Waals surface area (Å²) in [6.07, 6.45) is 0. The van der Waals surface area contributed by atoms with Crippen molar-refractivity contribution in [2.24, 2.45) is 0 Å². The number of hydrogen-bond donors (Lipinski definition) is 1. The second kappa shape index (κ2) is 4.03. The number of benzene rings is 1. The number of nitrogens with zero attached hydrogens (tertiary/aromatic N) is 7. The van der Waals surface area contributed by atoms with Crippen molar-refractivity contribution in [3.8, 4) is 11.3 Å². The van der Waals surface area contributed by atoms with Crippen LogP contribution < -0.4 is 11.1 Å². The van der Waals surface area contributed by atoms with Gasteiger partial charge in [-0.15, -0.1) is 5.10 Å². The molecule has 3 heterocycles. The predicted molar refractivity (Wildman–Crippen MR) is 69.7 cm³/mol. The molecular weight excluding hydrogens is 276 g/mol. The van der Waals surface area contributed by atoms with Crippen LogP contribution in [-0.2, 0) is 0 Å². The van der Waals surface area contributed by atoms with Crippen molar-refractivity contribution in [1.29, 1.82) is 0 Å². The molecule has 4 rings (SSSR count). The molecule has 1 N–H and O–H groups in total. The summed E-state index contributed by atoms with van der Waals surface area (Å²) in [5, 5.41) is 21.1. The summed E-state index contributed by atoms with van der Waals surface area (Å²) in [4.78, 5) is 23.6. The van der Waals surface area contributed by atoms with Gasteiger partial charge in [0, 0.05) is 5.56 Å². The highest BCUT2D eigenvalue weighted by Gasteiger charge is 2.16. The third-order valence-electron chi connectivity index (χ3n) is 2.96. The minimum absolute atomic E-state index is 0.0216. The van der Waals surface area contributed by atoms with E-state index in [0.29, 0.717) is 11.3 Å². The van der Waals surface area contributed by atoms with Gasteiger partial charge in [0.05, 0.1) is 0 Å². The average Bonchev–Trinajstić information content (AvgIpc) is 2.99. The summed E-state index contributed by atoms with van der Waals surface area (Å²) in [6.45, 7) is 0. The van der Waals surface area contributed by atoms with Crippen molar-refractivity contribution < 1.29 is 0 Å². The van der Waals surface area contributed by atoms with Gasteiger partial charge in [0.25, 0.3) is 5.78 Å². The van der Waals surface area contributed by atoms with Gasteiger partial charge in [0.15, 0.2) is 5.65 Å². The molecule has 21 heavy (non-hydrogen) atoms. The predicted octanol–water partition coefficient (Wildman–Crippen LogP) is -1.12. The Morgan fingerprint density at radius 3 is 2.71 bits per heavy atom. The Bertz CT molecular complexity index is 1080. The molecule has 10 heteroatoms. The molecule has 0 spiro atoms. The first-order valence-corrected chi connectivity index (χ1v) is 5.91. The minimum atomic E-state index is -0.859. The average molecular weight is 282 g/mol. The van der Waals surface area contributed by atoms with Gasteiger partial charge in [-0.05, 0) is 10.4 Å². The molecule has 0 amide bonds. The number of fused-ring (bicyclic) bond motifs is 3. The number of H-pyrrole nitrogens is 1. The van der Waals surface area contributed by atoms with Gasteiger partial charge in [-0.25, -0.2) is 9.50 Å². The van der Waals surface area contributed by atoms with Gasteiger partial charge in [0.1, 0.15) is 5.69 Å². The van der Waals surface area contributed by atoms with Gasteiger partial charge < -0.3 is 0 Å². The van der Waals surface area contributed by atoms with Crippen molar-refractivity contribution in [2.45, 2.75) is 0 Å². The summed E-state index contributed by atoms with van der Waals surface area (Å²) < 4.78 is 2.12. The van der Waals surface area contributed by atoms with Gasteiger partial charge in [0.2, 0.25) is 0 Å². The Kier molecular flexibility index (Phi) is 2.19. The molecule has 0 aliphatic carbocycles. The highest BCUT2D eigenvalue weighted by Crippen LogP contribution is 2.19. The minimum Gasteiger partial charge on any atom is -0.262 e. The second-order valence-corrected chi connectivity index (χ2v) is 4.20. The van der Waals surface area contributed by atoms with Crippen LogP contribution in [0.5, 0.6) is 0 Å². The second-order valence-electron chi connectivity index (χ2n) is 4.20. The zero-order chi connectivity index (χ0) is 14.4. The molecule has 0 saturated heterocycles. The van der Waals surface area contributed by atoms with Crippen LogP contribution in [0.1, 0.15) is 0 Å². The lowest BCUT2D eigenvalue weighted by Crippen LogP contribution is -2.35. The molecule has 0 fully saturated rings. The monoisotopic (exact) mass is 282 g/mol. The molecule has 4 aromatic rings. The molecular formula is C11H6N8O2. The maximum absolute atomic E-state index is 12.1. The van der Waals surface area contributed by atoms with E-state index in [-0.39, 0.29) is 11.4 Å². The summed E-state index contributed by atoms with van der Waals surface area (Å²) in [6, 6.07) is 9.09. The van der Waals surface area contributed by atoms with E-state index >= 15 is 0 Å². The lowest BCUT2D eigenvalue weighted by Gasteiger charge is -2.05. The lowest BCUT2D eigenvalue weighted by molar-refractivity contribution is 0.720. The Labute approximate surface area is 114 Å². The van der Waals surface area contributed by atoms with Crippen LogP contribution >= 0.6 is 0 Å². The zero-order valence-electron chi connectivity index (χ0n) is 10.3. The fraction of sp³-hybridized carbons (Fsp3) is 0. The first kappa shape index (κ1) is 11.4. The van der Waals surface area contributed by atoms with Crippen LogP contribution in [0.25, 0.3) is 22.7 Å². The highest BCUT2D eigenvalue weighted by molar-refractivity contribution is 5.73. The number of hydrogen-bond acceptors (Lipinski definition) is 7. The zero-order valence-corrected chi connectivity index (χ0v) is 10.3. The molecule has 0 atom stereocenters. The van der Waals surface area contributed by atoms with Crippen LogP contribution in [0.2, 0.25) is 0 Å². The molecule has 0 radical (unpaired) electrons. The maximum Gasteiger partial charge on any atom is 0.330 e. The van der Waals surface area contributed by atoms with Gasteiger partial charge in [-0.1, -0.05) is 40.1 Å². The third kappa shape index (κ3) is 1.55. The van der Waals surface area contributed by atoms with Gasteiger partial charge >= 0.3 is 11.1 Å². The number of tetrazole rings is 1. The smallest absolute Gasteiger partial charge is 0.262 e. The Morgan fingerprint density at radius 1 is 1.10 bits per heavy atom. The standard InChI is InChI=1S/C11H6N8O2/c20-9-10(21)18-8(12-13-9)7(6-4-2-1-3-5-6)15-19-11(18)14-16-17-19/h1-5H,(H,13,20). The highest BCUT2D eigenvalue weighted by atomic mass is 16.2. The quantitative estimate of drug-likeness (QED) is 0.439. The van der Waals surface area contributed by atoms with Crippen LogP contribution in [0.4, 0.5) is 0 Å². The van der Waals surface area contributed by atoms with Crippen molar-refractivity contribution in [3.63, 3.8) is 0 Å². The lowest BCUT2D eigenvalue weighted by atomic mass is 10.1. The number of rotatable bonds is 1. The Balaban J connectivity index is 2.28. The molecule has 1 aromatic carbocycles. The summed E-state index contributed by atoms with van der Waals surface area (Å²) in [5.74, 6) is 0.0216. The normalized spacial score (nSPS) is 11.2. The van der Waals surface area contributed by atoms with Gasteiger partial charge in [-0.2, -0.15) is 5.10 Å². The van der Waals surface area contributed by atoms with Crippen LogP contribution in [0.15, 0.2) is 39.9 Å². The van der Waals surface area contributed by atoms with E-state index in [0.717, 1.165) is 9.03 Å². The van der Waals surface area contributed by atoms with Crippen molar-refractivity contribution in [3.05, 3.63) is 51.0 Å². The molecule has 10 nitrogen and oxygen atoms in total. The molecule has 0 aliphatic heterocycles. The molecule has 102 valence electrons. The Hall–Kier alpha value is -3.43. The Morgan fingerprint density at radius 2 is 1.90 bits per heavy atom. The maximum atomic E-state index is 12.1. The van der Waals surface area contributed by atoms with E-state index in [1.807, 2.05) is 18.2 Å². The van der Waals surface area contributed by atoms with Crippen molar-refractivity contribution in [2.75, 3.05) is 0 Å². The fourth-order valence-electron chi connectivity index (χ4n) is 2.04. The van der Waals surface area contributed by atoms with E-state index in [4.69, 9.17) is 0 Å². The number of nitrogens with one attached hydrogen (secondary N) is 1. The van der Waals surface area contributed by atoms with E-state index in [9.17, 15) is 9.59 Å². The molecule has 0 saturated carbocycles. The van der Waals surface area contributed by atoms with E-state index < -0.39 is 11.1 Å². The van der Waals surface area contributed by atoms with E-state index in [2.05, 4.69) is 30.8 Å². The van der Waals surface area contributed by atoms with Crippen LogP contribution in [0, 0.1) is 0 Å². The summed E-state index contributed by atoms with van der Waals surface area (Å²) >= 11 is 0. The van der Waals surface area contributed by atoms with E-state index in [1.54, 1.807) is 12.1 Å². The number of aromatic nitrogens is 8. The SMILES string of the molecule is O=c1[nH]nc2c(-c3ccccc3)nn3nnnc3n2c1=O. The first-order chi connectivity index (χ1) is 10.3. The topological polar surface area (TPSA) is 123 Å². The van der Waals surface area contributed by atoms with Crippen LogP contribution in [-0.4, -0.2) is 39.9 Å². The summed E-state index contributed by atoms with van der Waals surface area (Å²) in [7, 11) is 0. The van der Waals surface area contributed by atoms with Crippen molar-refractivity contribution >= 4 is 11.4 Å².